The van der Waals surface area contributed by atoms with Crippen molar-refractivity contribution >= 4 is 23.0 Å². The minimum absolute atomic E-state index is 0.254. The summed E-state index contributed by atoms with van der Waals surface area (Å²) < 4.78 is 0. The summed E-state index contributed by atoms with van der Waals surface area (Å²) in [6, 6.07) is 5.36. The Labute approximate surface area is 93.9 Å². The monoisotopic (exact) mass is 230 g/mol. The first-order chi connectivity index (χ1) is 7.17. The van der Waals surface area contributed by atoms with Gasteiger partial charge < -0.3 is 20.8 Å². The maximum atomic E-state index is 9.18. The summed E-state index contributed by atoms with van der Waals surface area (Å²) in [4.78, 5) is 0. The SMILES string of the molecule is CNc1cc(Cl)ccc1NCC(O)CO. The van der Waals surface area contributed by atoms with Gasteiger partial charge in [-0.2, -0.15) is 0 Å². The van der Waals surface area contributed by atoms with E-state index in [4.69, 9.17) is 16.7 Å². The first-order valence-corrected chi connectivity index (χ1v) is 5.05. The largest absolute Gasteiger partial charge is 0.394 e. The fourth-order valence-corrected chi connectivity index (χ4v) is 1.34. The highest BCUT2D eigenvalue weighted by Gasteiger charge is 2.04. The van der Waals surface area contributed by atoms with E-state index in [9.17, 15) is 5.11 Å². The lowest BCUT2D eigenvalue weighted by Gasteiger charge is -2.14. The fourth-order valence-electron chi connectivity index (χ4n) is 1.17. The number of nitrogens with one attached hydrogen (secondary N) is 2. The van der Waals surface area contributed by atoms with Gasteiger partial charge in [0.1, 0.15) is 0 Å². The Kier molecular flexibility index (Phi) is 4.68. The third-order valence-electron chi connectivity index (χ3n) is 1.99. The van der Waals surface area contributed by atoms with Crippen LogP contribution in [0.4, 0.5) is 11.4 Å². The molecule has 0 bridgehead atoms. The van der Waals surface area contributed by atoms with Crippen LogP contribution in [0.5, 0.6) is 0 Å². The van der Waals surface area contributed by atoms with E-state index in [-0.39, 0.29) is 6.61 Å². The molecule has 5 heteroatoms. The molecular weight excluding hydrogens is 216 g/mol. The van der Waals surface area contributed by atoms with Crippen molar-refractivity contribution in [2.45, 2.75) is 6.10 Å². The number of aliphatic hydroxyl groups excluding tert-OH is 2. The second kappa shape index (κ2) is 5.80. The van der Waals surface area contributed by atoms with Gasteiger partial charge in [-0.3, -0.25) is 0 Å². The lowest BCUT2D eigenvalue weighted by Crippen LogP contribution is -2.23. The minimum atomic E-state index is -0.759. The van der Waals surface area contributed by atoms with Crippen molar-refractivity contribution in [3.63, 3.8) is 0 Å². The molecule has 0 fully saturated rings. The molecule has 0 aliphatic heterocycles. The van der Waals surface area contributed by atoms with Crippen LogP contribution in [-0.2, 0) is 0 Å². The highest BCUT2D eigenvalue weighted by atomic mass is 35.5. The van der Waals surface area contributed by atoms with Crippen molar-refractivity contribution in [1.29, 1.82) is 0 Å². The predicted molar refractivity (Wildman–Crippen MR) is 62.6 cm³/mol. The van der Waals surface area contributed by atoms with Crippen LogP contribution in [-0.4, -0.2) is 36.5 Å². The molecule has 84 valence electrons. The van der Waals surface area contributed by atoms with E-state index in [1.807, 2.05) is 6.07 Å². The van der Waals surface area contributed by atoms with Crippen LogP contribution in [0.3, 0.4) is 0 Å². The maximum absolute atomic E-state index is 9.18. The number of hydrogen-bond acceptors (Lipinski definition) is 4. The van der Waals surface area contributed by atoms with Gasteiger partial charge in [0.2, 0.25) is 0 Å². The summed E-state index contributed by atoms with van der Waals surface area (Å²) in [7, 11) is 1.79. The Morgan fingerprint density at radius 1 is 1.40 bits per heavy atom. The summed E-state index contributed by atoms with van der Waals surface area (Å²) in [5.74, 6) is 0. The molecule has 1 rings (SSSR count). The molecule has 0 aromatic heterocycles. The van der Waals surface area contributed by atoms with Crippen molar-refractivity contribution in [1.82, 2.24) is 0 Å². The van der Waals surface area contributed by atoms with Crippen LogP contribution in [0.15, 0.2) is 18.2 Å². The fraction of sp³-hybridized carbons (Fsp3) is 0.400. The molecule has 0 aliphatic carbocycles. The Morgan fingerprint density at radius 2 is 2.13 bits per heavy atom. The standard InChI is InChI=1S/C10H15ClN2O2/c1-12-10-4-7(11)2-3-9(10)13-5-8(15)6-14/h2-4,8,12-15H,5-6H2,1H3. The molecule has 0 amide bonds. The van der Waals surface area contributed by atoms with Gasteiger partial charge in [-0.15, -0.1) is 0 Å². The predicted octanol–water partition coefficient (Wildman–Crippen LogP) is 1.15. The second-order valence-corrected chi connectivity index (χ2v) is 3.59. The van der Waals surface area contributed by atoms with Crippen molar-refractivity contribution in [3.8, 4) is 0 Å². The van der Waals surface area contributed by atoms with Crippen LogP contribution in [0, 0.1) is 0 Å². The van der Waals surface area contributed by atoms with Crippen LogP contribution < -0.4 is 10.6 Å². The van der Waals surface area contributed by atoms with Crippen LogP contribution >= 0.6 is 11.6 Å². The van der Waals surface area contributed by atoms with Gasteiger partial charge in [0, 0.05) is 18.6 Å². The molecule has 0 heterocycles. The average Bonchev–Trinajstić information content (AvgIpc) is 2.26. The molecule has 0 saturated heterocycles. The zero-order valence-corrected chi connectivity index (χ0v) is 9.25. The lowest BCUT2D eigenvalue weighted by atomic mass is 10.2. The molecule has 1 unspecified atom stereocenters. The Hall–Kier alpha value is -0.970. The van der Waals surface area contributed by atoms with E-state index in [0.717, 1.165) is 11.4 Å². The molecule has 1 atom stereocenters. The van der Waals surface area contributed by atoms with E-state index >= 15 is 0 Å². The Bertz CT molecular complexity index is 320. The third-order valence-corrected chi connectivity index (χ3v) is 2.22. The summed E-state index contributed by atoms with van der Waals surface area (Å²) in [6.45, 7) is 0.0439. The molecule has 4 nitrogen and oxygen atoms in total. The number of anilines is 2. The highest BCUT2D eigenvalue weighted by Crippen LogP contribution is 2.25. The molecule has 4 N–H and O–H groups in total. The van der Waals surface area contributed by atoms with Gasteiger partial charge in [-0.05, 0) is 18.2 Å². The molecule has 1 aromatic carbocycles. The third kappa shape index (κ3) is 3.58. The van der Waals surface area contributed by atoms with E-state index in [1.54, 1.807) is 19.2 Å². The first-order valence-electron chi connectivity index (χ1n) is 4.67. The lowest BCUT2D eigenvalue weighted by molar-refractivity contribution is 0.105. The summed E-state index contributed by atoms with van der Waals surface area (Å²) in [6.07, 6.45) is -0.759. The summed E-state index contributed by atoms with van der Waals surface area (Å²) >= 11 is 5.83. The Morgan fingerprint density at radius 3 is 2.73 bits per heavy atom. The van der Waals surface area contributed by atoms with Gasteiger partial charge in [0.05, 0.1) is 24.1 Å². The van der Waals surface area contributed by atoms with Crippen LogP contribution in [0.25, 0.3) is 0 Å². The van der Waals surface area contributed by atoms with Crippen LogP contribution in [0.2, 0.25) is 5.02 Å². The topological polar surface area (TPSA) is 64.5 Å². The van der Waals surface area contributed by atoms with Gasteiger partial charge in [0.15, 0.2) is 0 Å². The summed E-state index contributed by atoms with van der Waals surface area (Å²) in [5, 5.41) is 24.5. The quantitative estimate of drug-likeness (QED) is 0.613. The molecule has 1 aromatic rings. The Balaban J connectivity index is 2.67. The van der Waals surface area contributed by atoms with Crippen molar-refractivity contribution in [3.05, 3.63) is 23.2 Å². The molecule has 15 heavy (non-hydrogen) atoms. The molecule has 0 aliphatic rings. The van der Waals surface area contributed by atoms with E-state index < -0.39 is 6.10 Å². The molecular formula is C10H15ClN2O2. The second-order valence-electron chi connectivity index (χ2n) is 3.16. The maximum Gasteiger partial charge on any atom is 0.0942 e. The van der Waals surface area contributed by atoms with Gasteiger partial charge in [-0.1, -0.05) is 11.6 Å². The zero-order chi connectivity index (χ0) is 11.3. The van der Waals surface area contributed by atoms with E-state index in [1.165, 1.54) is 0 Å². The average molecular weight is 231 g/mol. The van der Waals surface area contributed by atoms with E-state index in [2.05, 4.69) is 10.6 Å². The van der Waals surface area contributed by atoms with Gasteiger partial charge >= 0.3 is 0 Å². The number of aliphatic hydroxyl groups is 2. The van der Waals surface area contributed by atoms with Crippen LogP contribution in [0.1, 0.15) is 0 Å². The number of rotatable bonds is 5. The normalized spacial score (nSPS) is 12.3. The summed E-state index contributed by atoms with van der Waals surface area (Å²) in [5.41, 5.74) is 1.70. The zero-order valence-electron chi connectivity index (χ0n) is 8.50. The van der Waals surface area contributed by atoms with E-state index in [0.29, 0.717) is 11.6 Å². The molecule has 0 saturated carbocycles. The van der Waals surface area contributed by atoms with Gasteiger partial charge in [-0.25, -0.2) is 0 Å². The molecule has 0 radical (unpaired) electrons. The minimum Gasteiger partial charge on any atom is -0.394 e. The van der Waals surface area contributed by atoms with Crippen molar-refractivity contribution < 1.29 is 10.2 Å². The number of halogens is 1. The number of hydrogen-bond donors (Lipinski definition) is 4. The van der Waals surface area contributed by atoms with Crippen molar-refractivity contribution in [2.24, 2.45) is 0 Å². The highest BCUT2D eigenvalue weighted by molar-refractivity contribution is 6.31. The number of benzene rings is 1. The van der Waals surface area contributed by atoms with Crippen molar-refractivity contribution in [2.75, 3.05) is 30.8 Å². The first kappa shape index (κ1) is 12.1. The smallest absolute Gasteiger partial charge is 0.0942 e. The van der Waals surface area contributed by atoms with Gasteiger partial charge in [0.25, 0.3) is 0 Å². The molecule has 0 spiro atoms.